The van der Waals surface area contributed by atoms with Crippen LogP contribution in [-0.4, -0.2) is 37.0 Å². The minimum Gasteiger partial charge on any atom is -0.497 e. The summed E-state index contributed by atoms with van der Waals surface area (Å²) in [6.07, 6.45) is 3.23. The van der Waals surface area contributed by atoms with Gasteiger partial charge in [-0.25, -0.2) is 0 Å². The predicted octanol–water partition coefficient (Wildman–Crippen LogP) is 2.58. The van der Waals surface area contributed by atoms with Crippen molar-refractivity contribution in [3.63, 3.8) is 0 Å². The van der Waals surface area contributed by atoms with Gasteiger partial charge in [0.05, 0.1) is 7.11 Å². The highest BCUT2D eigenvalue weighted by Gasteiger charge is 2.09. The maximum Gasteiger partial charge on any atom is 0.229 e. The fraction of sp³-hybridized carbons (Fsp3) is 0.273. The van der Waals surface area contributed by atoms with Crippen LogP contribution in [0.3, 0.4) is 0 Å². The van der Waals surface area contributed by atoms with Crippen molar-refractivity contribution in [3.05, 3.63) is 65.9 Å². The van der Waals surface area contributed by atoms with Crippen molar-refractivity contribution in [3.8, 4) is 5.75 Å². The number of nitrogens with one attached hydrogen (secondary N) is 3. The van der Waals surface area contributed by atoms with Crippen LogP contribution in [0.4, 0.5) is 0 Å². The first-order valence-corrected chi connectivity index (χ1v) is 9.37. The number of carbonyl (C=O) groups is 2. The molecule has 2 aromatic carbocycles. The van der Waals surface area contributed by atoms with Crippen LogP contribution < -0.4 is 15.4 Å². The Kier molecular flexibility index (Phi) is 6.68. The summed E-state index contributed by atoms with van der Waals surface area (Å²) >= 11 is 0. The molecular weight excluding hydrogens is 354 g/mol. The molecule has 146 valence electrons. The first-order chi connectivity index (χ1) is 13.7. The molecule has 28 heavy (non-hydrogen) atoms. The Labute approximate surface area is 164 Å². The van der Waals surface area contributed by atoms with Crippen LogP contribution in [0.25, 0.3) is 10.9 Å². The minimum absolute atomic E-state index is 0.156. The highest BCUT2D eigenvalue weighted by atomic mass is 16.5. The summed E-state index contributed by atoms with van der Waals surface area (Å²) in [7, 11) is 1.63. The van der Waals surface area contributed by atoms with Gasteiger partial charge < -0.3 is 20.4 Å². The molecule has 3 N–H and O–H groups in total. The number of benzene rings is 2. The highest BCUT2D eigenvalue weighted by molar-refractivity contribution is 5.96. The number of aromatic amines is 1. The van der Waals surface area contributed by atoms with Crippen LogP contribution in [-0.2, 0) is 22.4 Å². The van der Waals surface area contributed by atoms with E-state index in [1.165, 1.54) is 0 Å². The molecule has 2 amide bonds. The molecule has 0 atom stereocenters. The molecule has 0 bridgehead atoms. The van der Waals surface area contributed by atoms with E-state index in [0.29, 0.717) is 19.5 Å². The highest BCUT2D eigenvalue weighted by Crippen LogP contribution is 2.17. The van der Waals surface area contributed by atoms with E-state index in [9.17, 15) is 9.59 Å². The summed E-state index contributed by atoms with van der Waals surface area (Å²) < 4.78 is 5.12. The van der Waals surface area contributed by atoms with Gasteiger partial charge in [0.25, 0.3) is 0 Å². The third-order valence-corrected chi connectivity index (χ3v) is 4.61. The molecule has 0 aliphatic heterocycles. The first-order valence-electron chi connectivity index (χ1n) is 9.37. The van der Waals surface area contributed by atoms with E-state index in [-0.39, 0.29) is 18.2 Å². The number of rotatable bonds is 9. The third-order valence-electron chi connectivity index (χ3n) is 4.61. The third kappa shape index (κ3) is 5.36. The Hall–Kier alpha value is -3.28. The summed E-state index contributed by atoms with van der Waals surface area (Å²) in [6, 6.07) is 15.8. The number of H-pyrrole nitrogens is 1. The first kappa shape index (κ1) is 19.5. The molecule has 6 nitrogen and oxygen atoms in total. The molecular formula is C22H25N3O3. The summed E-state index contributed by atoms with van der Waals surface area (Å²) in [5.41, 5.74) is 3.34. The van der Waals surface area contributed by atoms with E-state index in [1.54, 1.807) is 7.11 Å². The number of methoxy groups -OCH3 is 1. The van der Waals surface area contributed by atoms with Crippen LogP contribution in [0.1, 0.15) is 17.5 Å². The van der Waals surface area contributed by atoms with Gasteiger partial charge in [-0.1, -0.05) is 30.3 Å². The number of carbonyl (C=O) groups excluding carboxylic acids is 2. The Morgan fingerprint density at radius 2 is 1.61 bits per heavy atom. The van der Waals surface area contributed by atoms with Gasteiger partial charge in [-0.15, -0.1) is 0 Å². The quantitative estimate of drug-likeness (QED) is 0.500. The molecule has 1 aromatic heterocycles. The molecule has 3 rings (SSSR count). The standard InChI is InChI=1S/C22H25N3O3/c1-28-18-8-6-16(7-9-18)10-12-23-21(26)14-22(27)24-13-11-17-15-25-20-5-3-2-4-19(17)20/h2-9,15,25H,10-14H2,1H3,(H,23,26)(H,24,27). The lowest BCUT2D eigenvalue weighted by atomic mass is 10.1. The van der Waals surface area contributed by atoms with Crippen molar-refractivity contribution >= 4 is 22.7 Å². The topological polar surface area (TPSA) is 83.2 Å². The SMILES string of the molecule is COc1ccc(CCNC(=O)CC(=O)NCCc2c[nH]c3ccccc23)cc1. The maximum absolute atomic E-state index is 12.0. The van der Waals surface area contributed by atoms with Gasteiger partial charge in [-0.05, 0) is 42.2 Å². The van der Waals surface area contributed by atoms with E-state index in [1.807, 2.05) is 48.7 Å². The number of ether oxygens (including phenoxy) is 1. The molecule has 0 fully saturated rings. The van der Waals surface area contributed by atoms with Crippen molar-refractivity contribution < 1.29 is 14.3 Å². The fourth-order valence-electron chi connectivity index (χ4n) is 3.08. The van der Waals surface area contributed by atoms with Crippen molar-refractivity contribution in [2.24, 2.45) is 0 Å². The van der Waals surface area contributed by atoms with Gasteiger partial charge in [0, 0.05) is 30.2 Å². The molecule has 0 aliphatic carbocycles. The lowest BCUT2D eigenvalue weighted by Gasteiger charge is -2.07. The van der Waals surface area contributed by atoms with Crippen molar-refractivity contribution in [1.29, 1.82) is 0 Å². The van der Waals surface area contributed by atoms with E-state index in [2.05, 4.69) is 21.7 Å². The summed E-state index contributed by atoms with van der Waals surface area (Å²) in [4.78, 5) is 27.1. The van der Waals surface area contributed by atoms with E-state index in [4.69, 9.17) is 4.74 Å². The van der Waals surface area contributed by atoms with E-state index in [0.717, 1.165) is 34.2 Å². The molecule has 6 heteroatoms. The Bertz CT molecular complexity index is 932. The van der Waals surface area contributed by atoms with Crippen molar-refractivity contribution in [1.82, 2.24) is 15.6 Å². The van der Waals surface area contributed by atoms with Gasteiger partial charge in [0.1, 0.15) is 12.2 Å². The van der Waals surface area contributed by atoms with Crippen LogP contribution in [0.15, 0.2) is 54.7 Å². The zero-order valence-electron chi connectivity index (χ0n) is 16.0. The number of amides is 2. The number of hydrogen-bond acceptors (Lipinski definition) is 3. The smallest absolute Gasteiger partial charge is 0.229 e. The van der Waals surface area contributed by atoms with Crippen LogP contribution in [0.2, 0.25) is 0 Å². The second-order valence-corrected chi connectivity index (χ2v) is 6.58. The molecule has 0 unspecified atom stereocenters. The molecule has 0 saturated heterocycles. The molecule has 0 radical (unpaired) electrons. The Balaban J connectivity index is 1.34. The molecule has 1 heterocycles. The lowest BCUT2D eigenvalue weighted by Crippen LogP contribution is -2.33. The van der Waals surface area contributed by atoms with Gasteiger partial charge in [-0.3, -0.25) is 9.59 Å². The molecule has 0 spiro atoms. The molecule has 0 saturated carbocycles. The van der Waals surface area contributed by atoms with Gasteiger partial charge in [0.2, 0.25) is 11.8 Å². The Morgan fingerprint density at radius 3 is 2.32 bits per heavy atom. The van der Waals surface area contributed by atoms with Crippen molar-refractivity contribution in [2.75, 3.05) is 20.2 Å². The number of hydrogen-bond donors (Lipinski definition) is 3. The van der Waals surface area contributed by atoms with Crippen LogP contribution in [0, 0.1) is 0 Å². The van der Waals surface area contributed by atoms with Crippen molar-refractivity contribution in [2.45, 2.75) is 19.3 Å². The zero-order chi connectivity index (χ0) is 19.8. The number of para-hydroxylation sites is 1. The van der Waals surface area contributed by atoms with E-state index < -0.39 is 0 Å². The monoisotopic (exact) mass is 379 g/mol. The largest absolute Gasteiger partial charge is 0.497 e. The lowest BCUT2D eigenvalue weighted by molar-refractivity contribution is -0.129. The second kappa shape index (κ2) is 9.60. The minimum atomic E-state index is -0.266. The molecule has 0 aliphatic rings. The summed E-state index contributed by atoms with van der Waals surface area (Å²) in [5, 5.41) is 6.75. The predicted molar refractivity (Wildman–Crippen MR) is 109 cm³/mol. The Morgan fingerprint density at radius 1 is 0.929 bits per heavy atom. The fourth-order valence-corrected chi connectivity index (χ4v) is 3.08. The number of aromatic nitrogens is 1. The van der Waals surface area contributed by atoms with Gasteiger partial charge in [-0.2, -0.15) is 0 Å². The van der Waals surface area contributed by atoms with E-state index >= 15 is 0 Å². The summed E-state index contributed by atoms with van der Waals surface area (Å²) in [5.74, 6) is 0.275. The van der Waals surface area contributed by atoms with Gasteiger partial charge in [0.15, 0.2) is 0 Å². The normalized spacial score (nSPS) is 10.6. The average Bonchev–Trinajstić information content (AvgIpc) is 3.12. The second-order valence-electron chi connectivity index (χ2n) is 6.58. The zero-order valence-corrected chi connectivity index (χ0v) is 16.0. The van der Waals surface area contributed by atoms with Crippen LogP contribution in [0.5, 0.6) is 5.75 Å². The average molecular weight is 379 g/mol. The van der Waals surface area contributed by atoms with Gasteiger partial charge >= 0.3 is 0 Å². The maximum atomic E-state index is 12.0. The summed E-state index contributed by atoms with van der Waals surface area (Å²) in [6.45, 7) is 0.994. The molecule has 3 aromatic rings. The number of fused-ring (bicyclic) bond motifs is 1. The van der Waals surface area contributed by atoms with Crippen LogP contribution >= 0.6 is 0 Å².